The van der Waals surface area contributed by atoms with Crippen LogP contribution >= 0.6 is 0 Å². The van der Waals surface area contributed by atoms with Crippen LogP contribution in [0.25, 0.3) is 0 Å². The molecule has 8 heteroatoms. The summed E-state index contributed by atoms with van der Waals surface area (Å²) < 4.78 is 16.1. The quantitative estimate of drug-likeness (QED) is 0.0353. The Hall–Kier alpha value is -1.22. The van der Waals surface area contributed by atoms with Gasteiger partial charge in [-0.25, -0.2) is 4.79 Å². The molecule has 0 spiro atoms. The van der Waals surface area contributed by atoms with E-state index in [0.717, 1.165) is 19.3 Å². The minimum atomic E-state index is -1.46. The topological polar surface area (TPSA) is 102 Å². The number of carbonyl (C=O) groups is 2. The van der Waals surface area contributed by atoms with Crippen LogP contribution in [0.2, 0.25) is 0 Å². The predicted molar refractivity (Wildman–Crippen MR) is 170 cm³/mol. The molecule has 2 unspecified atom stereocenters. The Morgan fingerprint density at radius 2 is 1.02 bits per heavy atom. The molecule has 0 aromatic rings. The third-order valence-corrected chi connectivity index (χ3v) is 7.59. The number of rotatable bonds is 32. The molecule has 0 aliphatic rings. The molecule has 8 nitrogen and oxygen atoms in total. The molecule has 0 aromatic carbocycles. The maximum Gasteiger partial charge on any atom is 0.361 e. The first-order valence-corrected chi connectivity index (χ1v) is 17.3. The number of quaternary nitrogens is 1. The van der Waals surface area contributed by atoms with Crippen LogP contribution in [-0.4, -0.2) is 86.5 Å². The van der Waals surface area contributed by atoms with Crippen LogP contribution < -0.4 is 0 Å². The highest BCUT2D eigenvalue weighted by Crippen LogP contribution is 2.15. The Labute approximate surface area is 258 Å². The van der Waals surface area contributed by atoms with Crippen LogP contribution in [0.15, 0.2) is 0 Å². The lowest BCUT2D eigenvalue weighted by molar-refractivity contribution is -0.870. The standard InChI is InChI=1S/C34H67NO7/c1-5-6-7-8-9-10-11-12-13-14-15-16-17-18-19-20-21-22-23-24-25-26-32(37)41-29-31(36)30-42-34(33(38)39)40-28-27-35(2,3)4/h31,34,36H,5-30H2,1-4H3/p+1. The molecule has 0 saturated carbocycles. The monoisotopic (exact) mass is 602 g/mol. The van der Waals surface area contributed by atoms with Gasteiger partial charge in [0, 0.05) is 6.42 Å². The van der Waals surface area contributed by atoms with E-state index in [1.165, 1.54) is 116 Å². The van der Waals surface area contributed by atoms with Gasteiger partial charge < -0.3 is 28.9 Å². The highest BCUT2D eigenvalue weighted by atomic mass is 16.7. The minimum absolute atomic E-state index is 0.213. The molecule has 0 aromatic heterocycles. The van der Waals surface area contributed by atoms with Crippen molar-refractivity contribution in [3.05, 3.63) is 0 Å². The molecule has 0 aliphatic heterocycles. The van der Waals surface area contributed by atoms with Gasteiger partial charge in [-0.3, -0.25) is 4.79 Å². The molecule has 0 heterocycles. The van der Waals surface area contributed by atoms with E-state index < -0.39 is 18.4 Å². The van der Waals surface area contributed by atoms with E-state index in [0.29, 0.717) is 17.4 Å². The van der Waals surface area contributed by atoms with Crippen LogP contribution in [0, 0.1) is 0 Å². The largest absolute Gasteiger partial charge is 0.477 e. The summed E-state index contributed by atoms with van der Waals surface area (Å²) in [5.41, 5.74) is 0. The number of hydrogen-bond donors (Lipinski definition) is 2. The zero-order valence-corrected chi connectivity index (χ0v) is 27.9. The summed E-state index contributed by atoms with van der Waals surface area (Å²) in [6.07, 6.45) is 25.5. The molecule has 0 radical (unpaired) electrons. The first-order valence-electron chi connectivity index (χ1n) is 17.3. The number of ether oxygens (including phenoxy) is 3. The molecule has 0 saturated heterocycles. The van der Waals surface area contributed by atoms with Crippen LogP contribution in [-0.2, 0) is 23.8 Å². The maximum atomic E-state index is 11.9. The minimum Gasteiger partial charge on any atom is -0.477 e. The zero-order chi connectivity index (χ0) is 31.3. The number of aliphatic hydroxyl groups is 1. The number of nitrogens with zero attached hydrogens (tertiary/aromatic N) is 1. The van der Waals surface area contributed by atoms with Crippen molar-refractivity contribution in [2.75, 3.05) is 47.5 Å². The number of carboxylic acids is 1. The molecule has 42 heavy (non-hydrogen) atoms. The van der Waals surface area contributed by atoms with Crippen molar-refractivity contribution in [1.29, 1.82) is 0 Å². The molecule has 0 amide bonds. The molecule has 0 bridgehead atoms. The predicted octanol–water partition coefficient (Wildman–Crippen LogP) is 7.64. The van der Waals surface area contributed by atoms with Crippen LogP contribution in [0.5, 0.6) is 0 Å². The fraction of sp³-hybridized carbons (Fsp3) is 0.941. The van der Waals surface area contributed by atoms with Crippen molar-refractivity contribution in [2.24, 2.45) is 0 Å². The van der Waals surface area contributed by atoms with E-state index >= 15 is 0 Å². The number of carboxylic acid groups (broad SMARTS) is 1. The fourth-order valence-electron chi connectivity index (χ4n) is 4.83. The van der Waals surface area contributed by atoms with E-state index in [2.05, 4.69) is 6.92 Å². The smallest absolute Gasteiger partial charge is 0.361 e. The lowest BCUT2D eigenvalue weighted by Crippen LogP contribution is -2.40. The van der Waals surface area contributed by atoms with Gasteiger partial charge in [-0.2, -0.15) is 0 Å². The fourth-order valence-corrected chi connectivity index (χ4v) is 4.83. The van der Waals surface area contributed by atoms with Gasteiger partial charge in [-0.15, -0.1) is 0 Å². The summed E-state index contributed by atoms with van der Waals surface area (Å²) in [5.74, 6) is -1.60. The van der Waals surface area contributed by atoms with Gasteiger partial charge >= 0.3 is 11.9 Å². The highest BCUT2D eigenvalue weighted by molar-refractivity contribution is 5.70. The highest BCUT2D eigenvalue weighted by Gasteiger charge is 2.22. The summed E-state index contributed by atoms with van der Waals surface area (Å²) in [6.45, 7) is 2.61. The number of likely N-dealkylation sites (N-methyl/N-ethyl adjacent to an activating group) is 1. The molecule has 250 valence electrons. The molecule has 0 fully saturated rings. The van der Waals surface area contributed by atoms with Crippen molar-refractivity contribution < 1.29 is 38.5 Å². The van der Waals surface area contributed by atoms with Crippen molar-refractivity contribution in [2.45, 2.75) is 161 Å². The van der Waals surface area contributed by atoms with Gasteiger partial charge in [0.25, 0.3) is 6.29 Å². The molecule has 2 N–H and O–H groups in total. The van der Waals surface area contributed by atoms with Gasteiger partial charge in [-0.1, -0.05) is 135 Å². The van der Waals surface area contributed by atoms with Crippen molar-refractivity contribution in [3.63, 3.8) is 0 Å². The molecule has 0 rings (SSSR count). The Morgan fingerprint density at radius 1 is 0.619 bits per heavy atom. The van der Waals surface area contributed by atoms with Gasteiger partial charge in [0.2, 0.25) is 0 Å². The summed E-state index contributed by atoms with van der Waals surface area (Å²) in [6, 6.07) is 0. The van der Waals surface area contributed by atoms with Gasteiger partial charge in [-0.05, 0) is 6.42 Å². The number of carbonyl (C=O) groups excluding carboxylic acids is 1. The second-order valence-electron chi connectivity index (χ2n) is 13.0. The van der Waals surface area contributed by atoms with Crippen LogP contribution in [0.4, 0.5) is 0 Å². The number of hydrogen-bond acceptors (Lipinski definition) is 6. The van der Waals surface area contributed by atoms with Gasteiger partial charge in [0.1, 0.15) is 19.3 Å². The van der Waals surface area contributed by atoms with E-state index in [-0.39, 0.29) is 25.8 Å². The molecule has 0 aliphatic carbocycles. The Bertz CT molecular complexity index is 624. The summed E-state index contributed by atoms with van der Waals surface area (Å²) in [5, 5.41) is 19.2. The first kappa shape index (κ1) is 40.8. The van der Waals surface area contributed by atoms with Crippen LogP contribution in [0.3, 0.4) is 0 Å². The summed E-state index contributed by atoms with van der Waals surface area (Å²) in [7, 11) is 5.92. The normalized spacial score (nSPS) is 13.3. The second-order valence-corrected chi connectivity index (χ2v) is 13.0. The van der Waals surface area contributed by atoms with Crippen LogP contribution in [0.1, 0.15) is 148 Å². The average molecular weight is 603 g/mol. The van der Waals surface area contributed by atoms with Crippen molar-refractivity contribution in [3.8, 4) is 0 Å². The van der Waals surface area contributed by atoms with Gasteiger partial charge in [0.15, 0.2) is 0 Å². The lowest BCUT2D eigenvalue weighted by Gasteiger charge is -2.24. The number of aliphatic hydroxyl groups excluding tert-OH is 1. The number of aliphatic carboxylic acids is 1. The Kier molecular flexibility index (Phi) is 27.7. The number of esters is 1. The number of unbranched alkanes of at least 4 members (excludes halogenated alkanes) is 20. The lowest BCUT2D eigenvalue weighted by atomic mass is 10.0. The third-order valence-electron chi connectivity index (χ3n) is 7.59. The average Bonchev–Trinajstić information content (AvgIpc) is 2.93. The Balaban J connectivity index is 3.47. The van der Waals surface area contributed by atoms with E-state index in [1.807, 2.05) is 21.1 Å². The molecular formula is C34H68NO7+. The van der Waals surface area contributed by atoms with E-state index in [4.69, 9.17) is 14.2 Å². The van der Waals surface area contributed by atoms with E-state index in [9.17, 15) is 19.8 Å². The first-order chi connectivity index (χ1) is 20.2. The second kappa shape index (κ2) is 28.5. The summed E-state index contributed by atoms with van der Waals surface area (Å²) >= 11 is 0. The zero-order valence-electron chi connectivity index (χ0n) is 27.9. The SMILES string of the molecule is CCCCCCCCCCCCCCCCCCCCCCCC(=O)OCC(O)COC(OCC[N+](C)(C)C)C(=O)O. The van der Waals surface area contributed by atoms with Gasteiger partial charge in [0.05, 0.1) is 34.4 Å². The van der Waals surface area contributed by atoms with E-state index in [1.54, 1.807) is 0 Å². The third kappa shape index (κ3) is 30.2. The Morgan fingerprint density at radius 3 is 1.40 bits per heavy atom. The molecule has 2 atom stereocenters. The summed E-state index contributed by atoms with van der Waals surface area (Å²) in [4.78, 5) is 23.2. The molecular weight excluding hydrogens is 534 g/mol. The maximum absolute atomic E-state index is 11.9. The van der Waals surface area contributed by atoms with Crippen molar-refractivity contribution >= 4 is 11.9 Å². The van der Waals surface area contributed by atoms with Crippen molar-refractivity contribution in [1.82, 2.24) is 0 Å².